The number of nitrogens with two attached hydrogens (primary N) is 1. The maximum atomic E-state index is 5.98. The van der Waals surface area contributed by atoms with Crippen molar-refractivity contribution in [2.75, 3.05) is 57.4 Å². The molecule has 5 heteroatoms. The number of anilines is 2. The fourth-order valence-corrected chi connectivity index (χ4v) is 2.29. The molecule has 0 amide bonds. The number of nitrogens with zero attached hydrogens (tertiary/aromatic N) is 2. The van der Waals surface area contributed by atoms with Crippen molar-refractivity contribution in [1.29, 1.82) is 0 Å². The van der Waals surface area contributed by atoms with Gasteiger partial charge in [0.15, 0.2) is 0 Å². The SMILES string of the molecule is CN1CCN(CCNc2cccc(Cl)c2N)CC1. The maximum Gasteiger partial charge on any atom is 0.0739 e. The van der Waals surface area contributed by atoms with Crippen LogP contribution in [-0.2, 0) is 0 Å². The van der Waals surface area contributed by atoms with Gasteiger partial charge >= 0.3 is 0 Å². The molecule has 4 nitrogen and oxygen atoms in total. The van der Waals surface area contributed by atoms with Gasteiger partial charge in [-0.1, -0.05) is 17.7 Å². The summed E-state index contributed by atoms with van der Waals surface area (Å²) in [6.45, 7) is 6.53. The lowest BCUT2D eigenvalue weighted by Crippen LogP contribution is -2.45. The Balaban J connectivity index is 1.77. The summed E-state index contributed by atoms with van der Waals surface area (Å²) >= 11 is 5.98. The van der Waals surface area contributed by atoms with E-state index in [0.29, 0.717) is 10.7 Å². The Morgan fingerprint density at radius 3 is 2.72 bits per heavy atom. The maximum absolute atomic E-state index is 5.98. The lowest BCUT2D eigenvalue weighted by Gasteiger charge is -2.32. The van der Waals surface area contributed by atoms with Crippen LogP contribution < -0.4 is 11.1 Å². The Kier molecular flexibility index (Phi) is 4.69. The second-order valence-electron chi connectivity index (χ2n) is 4.77. The van der Waals surface area contributed by atoms with Crippen molar-refractivity contribution in [3.05, 3.63) is 23.2 Å². The summed E-state index contributed by atoms with van der Waals surface area (Å²) in [5, 5.41) is 3.96. The number of nitrogens with one attached hydrogen (secondary N) is 1. The Morgan fingerprint density at radius 1 is 1.28 bits per heavy atom. The molecule has 1 saturated heterocycles. The third-order valence-electron chi connectivity index (χ3n) is 3.39. The van der Waals surface area contributed by atoms with Gasteiger partial charge in [-0.2, -0.15) is 0 Å². The lowest BCUT2D eigenvalue weighted by atomic mass is 10.2. The van der Waals surface area contributed by atoms with Gasteiger partial charge in [-0.3, -0.25) is 4.90 Å². The first-order valence-corrected chi connectivity index (χ1v) is 6.73. The van der Waals surface area contributed by atoms with Crippen molar-refractivity contribution in [1.82, 2.24) is 9.80 Å². The summed E-state index contributed by atoms with van der Waals surface area (Å²) in [6.07, 6.45) is 0. The molecule has 0 aromatic heterocycles. The first-order chi connectivity index (χ1) is 8.66. The predicted octanol–water partition coefficient (Wildman–Crippen LogP) is 1.58. The van der Waals surface area contributed by atoms with E-state index in [4.69, 9.17) is 17.3 Å². The lowest BCUT2D eigenvalue weighted by molar-refractivity contribution is 0.158. The first kappa shape index (κ1) is 13.5. The van der Waals surface area contributed by atoms with E-state index in [0.717, 1.165) is 45.0 Å². The number of hydrogen-bond donors (Lipinski definition) is 2. The van der Waals surface area contributed by atoms with Crippen LogP contribution in [0, 0.1) is 0 Å². The van der Waals surface area contributed by atoms with Crippen molar-refractivity contribution < 1.29 is 0 Å². The fourth-order valence-electron chi connectivity index (χ4n) is 2.11. The highest BCUT2D eigenvalue weighted by Gasteiger charge is 2.12. The van der Waals surface area contributed by atoms with Gasteiger partial charge in [0.25, 0.3) is 0 Å². The van der Waals surface area contributed by atoms with E-state index in [9.17, 15) is 0 Å². The number of piperazine rings is 1. The minimum absolute atomic E-state index is 0.611. The monoisotopic (exact) mass is 268 g/mol. The average Bonchev–Trinajstić information content (AvgIpc) is 2.37. The molecule has 0 unspecified atom stereocenters. The van der Waals surface area contributed by atoms with E-state index < -0.39 is 0 Å². The van der Waals surface area contributed by atoms with Gasteiger partial charge in [-0.25, -0.2) is 0 Å². The molecule has 100 valence electrons. The largest absolute Gasteiger partial charge is 0.396 e. The van der Waals surface area contributed by atoms with Crippen LogP contribution in [0.5, 0.6) is 0 Å². The van der Waals surface area contributed by atoms with Gasteiger partial charge in [-0.15, -0.1) is 0 Å². The molecule has 1 aliphatic heterocycles. The number of para-hydroxylation sites is 1. The van der Waals surface area contributed by atoms with Crippen LogP contribution in [0.4, 0.5) is 11.4 Å². The molecular formula is C13H21ClN4. The second-order valence-corrected chi connectivity index (χ2v) is 5.18. The normalized spacial score (nSPS) is 17.9. The standard InChI is InChI=1S/C13H21ClN4/c1-17-7-9-18(10-8-17)6-5-16-12-4-2-3-11(14)13(12)15/h2-4,16H,5-10,15H2,1H3. The van der Waals surface area contributed by atoms with E-state index in [-0.39, 0.29) is 0 Å². The molecule has 0 saturated carbocycles. The molecule has 0 spiro atoms. The number of halogens is 1. The molecule has 3 N–H and O–H groups in total. The van der Waals surface area contributed by atoms with Crippen molar-refractivity contribution in [2.24, 2.45) is 0 Å². The molecule has 1 fully saturated rings. The summed E-state index contributed by atoms with van der Waals surface area (Å²) in [5.74, 6) is 0. The molecule has 0 atom stereocenters. The molecule has 1 aromatic carbocycles. The highest BCUT2D eigenvalue weighted by Crippen LogP contribution is 2.26. The summed E-state index contributed by atoms with van der Waals surface area (Å²) in [4.78, 5) is 4.83. The number of hydrogen-bond acceptors (Lipinski definition) is 4. The van der Waals surface area contributed by atoms with Crippen LogP contribution in [0.2, 0.25) is 5.02 Å². The zero-order valence-electron chi connectivity index (χ0n) is 10.8. The number of likely N-dealkylation sites (N-methyl/N-ethyl adjacent to an activating group) is 1. The van der Waals surface area contributed by atoms with Gasteiger partial charge in [0, 0.05) is 39.3 Å². The van der Waals surface area contributed by atoms with Crippen LogP contribution in [0.15, 0.2) is 18.2 Å². The van der Waals surface area contributed by atoms with E-state index in [1.54, 1.807) is 0 Å². The minimum Gasteiger partial charge on any atom is -0.396 e. The topological polar surface area (TPSA) is 44.5 Å². The molecule has 0 radical (unpaired) electrons. The van der Waals surface area contributed by atoms with Crippen molar-refractivity contribution >= 4 is 23.0 Å². The molecule has 0 bridgehead atoms. The van der Waals surface area contributed by atoms with Gasteiger partial charge in [0.1, 0.15) is 0 Å². The summed E-state index contributed by atoms with van der Waals surface area (Å²) in [6, 6.07) is 5.69. The smallest absolute Gasteiger partial charge is 0.0739 e. The van der Waals surface area contributed by atoms with Gasteiger partial charge in [0.05, 0.1) is 16.4 Å². The first-order valence-electron chi connectivity index (χ1n) is 6.35. The predicted molar refractivity (Wildman–Crippen MR) is 78.3 cm³/mol. The van der Waals surface area contributed by atoms with Crippen LogP contribution >= 0.6 is 11.6 Å². The zero-order valence-corrected chi connectivity index (χ0v) is 11.6. The molecule has 18 heavy (non-hydrogen) atoms. The van der Waals surface area contributed by atoms with Gasteiger partial charge in [0.2, 0.25) is 0 Å². The molecule has 1 aromatic rings. The average molecular weight is 269 g/mol. The van der Waals surface area contributed by atoms with Gasteiger partial charge in [-0.05, 0) is 19.2 Å². The summed E-state index contributed by atoms with van der Waals surface area (Å²) in [5.41, 5.74) is 7.47. The van der Waals surface area contributed by atoms with Crippen LogP contribution in [0.25, 0.3) is 0 Å². The summed E-state index contributed by atoms with van der Waals surface area (Å²) < 4.78 is 0. The van der Waals surface area contributed by atoms with Crippen LogP contribution in [-0.4, -0.2) is 56.1 Å². The van der Waals surface area contributed by atoms with Crippen molar-refractivity contribution in [2.45, 2.75) is 0 Å². The molecule has 1 aliphatic rings. The second kappa shape index (κ2) is 6.27. The minimum atomic E-state index is 0.611. The Morgan fingerprint density at radius 2 is 2.00 bits per heavy atom. The Hall–Kier alpha value is -0.970. The van der Waals surface area contributed by atoms with E-state index in [2.05, 4.69) is 22.2 Å². The quantitative estimate of drug-likeness (QED) is 0.814. The van der Waals surface area contributed by atoms with E-state index >= 15 is 0 Å². The van der Waals surface area contributed by atoms with Crippen LogP contribution in [0.1, 0.15) is 0 Å². The van der Waals surface area contributed by atoms with Gasteiger partial charge < -0.3 is 16.0 Å². The third kappa shape index (κ3) is 3.51. The summed E-state index contributed by atoms with van der Waals surface area (Å²) in [7, 11) is 2.17. The Labute approximate surface area is 114 Å². The van der Waals surface area contributed by atoms with E-state index in [1.807, 2.05) is 18.2 Å². The van der Waals surface area contributed by atoms with Crippen molar-refractivity contribution in [3.63, 3.8) is 0 Å². The number of rotatable bonds is 4. The zero-order chi connectivity index (χ0) is 13.0. The third-order valence-corrected chi connectivity index (χ3v) is 3.72. The van der Waals surface area contributed by atoms with Crippen LogP contribution in [0.3, 0.4) is 0 Å². The highest BCUT2D eigenvalue weighted by atomic mass is 35.5. The molecular weight excluding hydrogens is 248 g/mol. The number of benzene rings is 1. The van der Waals surface area contributed by atoms with E-state index in [1.165, 1.54) is 0 Å². The molecule has 2 rings (SSSR count). The Bertz CT molecular complexity index is 389. The van der Waals surface area contributed by atoms with Crippen molar-refractivity contribution in [3.8, 4) is 0 Å². The highest BCUT2D eigenvalue weighted by molar-refractivity contribution is 6.33. The number of nitrogen functional groups attached to an aromatic ring is 1. The fraction of sp³-hybridized carbons (Fsp3) is 0.538. The molecule has 0 aliphatic carbocycles. The molecule has 1 heterocycles.